The van der Waals surface area contributed by atoms with Gasteiger partial charge in [0.1, 0.15) is 6.61 Å². The highest BCUT2D eigenvalue weighted by Gasteiger charge is 2.10. The molecule has 1 aromatic heterocycles. The van der Waals surface area contributed by atoms with Gasteiger partial charge in [-0.2, -0.15) is 0 Å². The van der Waals surface area contributed by atoms with Crippen LogP contribution in [0.25, 0.3) is 0 Å². The van der Waals surface area contributed by atoms with Gasteiger partial charge in [0.2, 0.25) is 0 Å². The van der Waals surface area contributed by atoms with Gasteiger partial charge in [-0.05, 0) is 54.1 Å². The molecule has 0 saturated heterocycles. The second kappa shape index (κ2) is 8.36. The number of halogens is 1. The maximum Gasteiger partial charge on any atom is 0.255 e. The first kappa shape index (κ1) is 17.8. The first-order valence-electron chi connectivity index (χ1n) is 7.92. The summed E-state index contributed by atoms with van der Waals surface area (Å²) in [4.78, 5) is 16.3. The zero-order valence-electron chi connectivity index (χ0n) is 14.1. The summed E-state index contributed by atoms with van der Waals surface area (Å²) in [5.41, 5.74) is 2.11. The topological polar surface area (TPSA) is 60.5 Å². The highest BCUT2D eigenvalue weighted by molar-refractivity contribution is 6.30. The summed E-state index contributed by atoms with van der Waals surface area (Å²) < 4.78 is 11.2. The Morgan fingerprint density at radius 2 is 1.77 bits per heavy atom. The lowest BCUT2D eigenvalue weighted by molar-refractivity contribution is 0.102. The summed E-state index contributed by atoms with van der Waals surface area (Å²) in [6.07, 6.45) is 3.41. The molecule has 0 saturated carbocycles. The molecule has 3 aromatic rings. The fraction of sp³-hybridized carbons (Fsp3) is 0.100. The molecular weight excluding hydrogens is 352 g/mol. The predicted octanol–water partition coefficient (Wildman–Crippen LogP) is 4.57. The van der Waals surface area contributed by atoms with E-state index in [9.17, 15) is 4.79 Å². The molecule has 0 aliphatic carbocycles. The maximum absolute atomic E-state index is 12.3. The number of benzene rings is 2. The normalized spacial score (nSPS) is 10.2. The highest BCUT2D eigenvalue weighted by atomic mass is 35.5. The third kappa shape index (κ3) is 4.52. The van der Waals surface area contributed by atoms with Crippen LogP contribution < -0.4 is 14.8 Å². The number of carbonyl (C=O) groups excluding carboxylic acids is 1. The van der Waals surface area contributed by atoms with Gasteiger partial charge in [-0.15, -0.1) is 0 Å². The lowest BCUT2D eigenvalue weighted by Crippen LogP contribution is -2.11. The van der Waals surface area contributed by atoms with Gasteiger partial charge in [0.25, 0.3) is 5.91 Å². The van der Waals surface area contributed by atoms with Crippen LogP contribution in [0.4, 0.5) is 5.69 Å². The average molecular weight is 369 g/mol. The van der Waals surface area contributed by atoms with Crippen molar-refractivity contribution in [1.29, 1.82) is 0 Å². The zero-order valence-corrected chi connectivity index (χ0v) is 14.9. The molecule has 0 fully saturated rings. The maximum atomic E-state index is 12.3. The summed E-state index contributed by atoms with van der Waals surface area (Å²) in [6.45, 7) is 0.369. The minimum atomic E-state index is -0.230. The van der Waals surface area contributed by atoms with Crippen LogP contribution in [0.3, 0.4) is 0 Å². The first-order valence-corrected chi connectivity index (χ1v) is 8.30. The van der Waals surface area contributed by atoms with Crippen molar-refractivity contribution in [3.8, 4) is 11.5 Å². The van der Waals surface area contributed by atoms with E-state index in [0.717, 1.165) is 5.56 Å². The molecule has 1 N–H and O–H groups in total. The fourth-order valence-corrected chi connectivity index (χ4v) is 2.44. The van der Waals surface area contributed by atoms with Crippen LogP contribution in [0.15, 0.2) is 67.0 Å². The number of nitrogens with zero attached hydrogens (tertiary/aromatic N) is 1. The molecule has 1 amide bonds. The molecule has 0 bridgehead atoms. The average Bonchev–Trinajstić information content (AvgIpc) is 2.68. The Hall–Kier alpha value is -3.05. The van der Waals surface area contributed by atoms with Crippen LogP contribution in [0.1, 0.15) is 15.9 Å². The molecule has 0 atom stereocenters. The third-order valence-corrected chi connectivity index (χ3v) is 3.92. The largest absolute Gasteiger partial charge is 0.493 e. The molecule has 5 nitrogen and oxygen atoms in total. The molecule has 132 valence electrons. The minimum Gasteiger partial charge on any atom is -0.493 e. The van der Waals surface area contributed by atoms with Crippen molar-refractivity contribution in [1.82, 2.24) is 4.98 Å². The summed E-state index contributed by atoms with van der Waals surface area (Å²) in [7, 11) is 1.57. The van der Waals surface area contributed by atoms with E-state index in [1.54, 1.807) is 62.0 Å². The van der Waals surface area contributed by atoms with Gasteiger partial charge in [0.05, 0.1) is 7.11 Å². The quantitative estimate of drug-likeness (QED) is 0.692. The van der Waals surface area contributed by atoms with E-state index in [-0.39, 0.29) is 5.91 Å². The number of carbonyl (C=O) groups is 1. The van der Waals surface area contributed by atoms with Crippen LogP contribution in [-0.4, -0.2) is 18.0 Å². The van der Waals surface area contributed by atoms with Crippen LogP contribution in [0, 0.1) is 0 Å². The Bertz CT molecular complexity index is 883. The van der Waals surface area contributed by atoms with E-state index in [0.29, 0.717) is 34.4 Å². The Labute approximate surface area is 156 Å². The summed E-state index contributed by atoms with van der Waals surface area (Å²) in [5, 5.41) is 3.42. The number of ether oxygens (including phenoxy) is 2. The standard InChI is InChI=1S/C20H17ClN2O3/c1-25-18-7-6-17(23-20(24)15-2-4-16(21)5-3-15)12-19(18)26-13-14-8-10-22-11-9-14/h2-12H,13H2,1H3,(H,23,24). The predicted molar refractivity (Wildman–Crippen MR) is 101 cm³/mol. The lowest BCUT2D eigenvalue weighted by Gasteiger charge is -2.13. The molecule has 0 aliphatic heterocycles. The van der Waals surface area contributed by atoms with Crippen LogP contribution in [-0.2, 0) is 6.61 Å². The van der Waals surface area contributed by atoms with Gasteiger partial charge in [-0.25, -0.2) is 0 Å². The van der Waals surface area contributed by atoms with Crippen LogP contribution in [0.5, 0.6) is 11.5 Å². The van der Waals surface area contributed by atoms with Crippen LogP contribution >= 0.6 is 11.6 Å². The van der Waals surface area contributed by atoms with Gasteiger partial charge >= 0.3 is 0 Å². The summed E-state index contributed by atoms with van der Waals surface area (Å²) in [5.74, 6) is 0.897. The van der Waals surface area contributed by atoms with Crippen molar-refractivity contribution in [2.75, 3.05) is 12.4 Å². The van der Waals surface area contributed by atoms with E-state index in [2.05, 4.69) is 10.3 Å². The molecule has 0 aliphatic rings. The van der Waals surface area contributed by atoms with Crippen molar-refractivity contribution in [2.45, 2.75) is 6.61 Å². The highest BCUT2D eigenvalue weighted by Crippen LogP contribution is 2.31. The number of pyridine rings is 1. The molecule has 0 unspecified atom stereocenters. The van der Waals surface area contributed by atoms with E-state index in [1.165, 1.54) is 0 Å². The number of anilines is 1. The molecule has 0 spiro atoms. The second-order valence-corrected chi connectivity index (χ2v) is 5.91. The molecule has 2 aromatic carbocycles. The van der Waals surface area contributed by atoms with Gasteiger partial charge < -0.3 is 14.8 Å². The van der Waals surface area contributed by atoms with Crippen molar-refractivity contribution in [3.05, 3.63) is 83.1 Å². The minimum absolute atomic E-state index is 0.230. The van der Waals surface area contributed by atoms with Gasteiger partial charge in [0.15, 0.2) is 11.5 Å². The Kier molecular flexibility index (Phi) is 5.71. The number of methoxy groups -OCH3 is 1. The Balaban J connectivity index is 1.74. The third-order valence-electron chi connectivity index (χ3n) is 3.67. The number of hydrogen-bond donors (Lipinski definition) is 1. The molecule has 26 heavy (non-hydrogen) atoms. The monoisotopic (exact) mass is 368 g/mol. The van der Waals surface area contributed by atoms with E-state index < -0.39 is 0 Å². The van der Waals surface area contributed by atoms with Crippen molar-refractivity contribution in [2.24, 2.45) is 0 Å². The fourth-order valence-electron chi connectivity index (χ4n) is 2.31. The van der Waals surface area contributed by atoms with Crippen molar-refractivity contribution in [3.63, 3.8) is 0 Å². The molecule has 0 radical (unpaired) electrons. The number of rotatable bonds is 6. The molecule has 1 heterocycles. The first-order chi connectivity index (χ1) is 12.7. The molecule has 3 rings (SSSR count). The van der Waals surface area contributed by atoms with E-state index in [1.807, 2.05) is 12.1 Å². The second-order valence-electron chi connectivity index (χ2n) is 5.47. The zero-order chi connectivity index (χ0) is 18.4. The van der Waals surface area contributed by atoms with E-state index >= 15 is 0 Å². The van der Waals surface area contributed by atoms with Crippen molar-refractivity contribution >= 4 is 23.2 Å². The van der Waals surface area contributed by atoms with Gasteiger partial charge in [-0.3, -0.25) is 9.78 Å². The SMILES string of the molecule is COc1ccc(NC(=O)c2ccc(Cl)cc2)cc1OCc1ccncc1. The lowest BCUT2D eigenvalue weighted by atomic mass is 10.2. The van der Waals surface area contributed by atoms with Gasteiger partial charge in [-0.1, -0.05) is 11.6 Å². The number of nitrogens with one attached hydrogen (secondary N) is 1. The van der Waals surface area contributed by atoms with Crippen LogP contribution in [0.2, 0.25) is 5.02 Å². The number of aromatic nitrogens is 1. The number of amides is 1. The molecular formula is C20H17ClN2O3. The summed E-state index contributed by atoms with van der Waals surface area (Å²) in [6, 6.07) is 15.7. The summed E-state index contributed by atoms with van der Waals surface area (Å²) >= 11 is 5.85. The Morgan fingerprint density at radius 3 is 2.46 bits per heavy atom. The Morgan fingerprint density at radius 1 is 1.04 bits per heavy atom. The number of hydrogen-bond acceptors (Lipinski definition) is 4. The van der Waals surface area contributed by atoms with Crippen molar-refractivity contribution < 1.29 is 14.3 Å². The molecule has 6 heteroatoms. The van der Waals surface area contributed by atoms with E-state index in [4.69, 9.17) is 21.1 Å². The van der Waals surface area contributed by atoms with Gasteiger partial charge in [0, 0.05) is 34.7 Å². The smallest absolute Gasteiger partial charge is 0.255 e.